The highest BCUT2D eigenvalue weighted by Gasteiger charge is 2.60. The third-order valence-electron chi connectivity index (χ3n) is 16.0. The molecule has 8 aliphatic rings. The molecule has 4 aromatic rings. The fourth-order valence-corrected chi connectivity index (χ4v) is 16.6. The van der Waals surface area contributed by atoms with Gasteiger partial charge in [0.2, 0.25) is 19.5 Å². The Kier molecular flexibility index (Phi) is 22.5. The molecule has 6 aliphatic heterocycles. The molecule has 2 aromatic heterocycles. The van der Waals surface area contributed by atoms with E-state index in [0.717, 1.165) is 58.0 Å². The number of fused-ring (bicyclic) bond motifs is 6. The molecule has 0 radical (unpaired) electrons. The molecule has 3 N–H and O–H groups in total. The Hall–Kier alpha value is -3.33. The average Bonchev–Trinajstić information content (AvgIpc) is 4.24. The van der Waals surface area contributed by atoms with Crippen LogP contribution in [0.1, 0.15) is 142 Å². The second-order valence-electron chi connectivity index (χ2n) is 21.7. The van der Waals surface area contributed by atoms with E-state index >= 15 is 0 Å². The zero-order valence-corrected chi connectivity index (χ0v) is 49.2. The molecule has 79 heavy (non-hydrogen) atoms. The zero-order valence-electron chi connectivity index (χ0n) is 44.7. The van der Waals surface area contributed by atoms with Crippen LogP contribution in [0.2, 0.25) is 0 Å². The number of aliphatic hydroxyl groups excluding tert-OH is 1. The lowest BCUT2D eigenvalue weighted by molar-refractivity contribution is -0.119. The third kappa shape index (κ3) is 13.5. The summed E-state index contributed by atoms with van der Waals surface area (Å²) < 4.78 is 39.4. The quantitative estimate of drug-likeness (QED) is 0.127. The van der Waals surface area contributed by atoms with Crippen molar-refractivity contribution in [1.82, 2.24) is 28.4 Å². The van der Waals surface area contributed by atoms with Crippen molar-refractivity contribution in [3.63, 3.8) is 0 Å². The number of ether oxygens (including phenoxy) is 2. The maximum absolute atomic E-state index is 12.8. The van der Waals surface area contributed by atoms with Crippen molar-refractivity contribution in [2.75, 3.05) is 23.7 Å². The van der Waals surface area contributed by atoms with E-state index in [2.05, 4.69) is 85.4 Å². The number of aliphatic hydroxyl groups is 1. The second-order valence-corrected chi connectivity index (χ2v) is 25.1. The van der Waals surface area contributed by atoms with Gasteiger partial charge < -0.3 is 38.8 Å². The summed E-state index contributed by atoms with van der Waals surface area (Å²) in [6.45, 7) is 13.2. The Morgan fingerprint density at radius 1 is 0.696 bits per heavy atom. The molecule has 4 unspecified atom stereocenters. The normalized spacial score (nSPS) is 28.2. The predicted octanol–water partition coefficient (Wildman–Crippen LogP) is 10.1. The number of anilines is 2. The molecule has 2 spiro atoms. The molecular formula is C56H83ClN8O10P2S2. The van der Waals surface area contributed by atoms with Gasteiger partial charge in [0.05, 0.1) is 30.0 Å². The number of halogens is 1. The summed E-state index contributed by atoms with van der Waals surface area (Å²) in [6.07, 6.45) is 12.2. The number of hydrogen-bond acceptors (Lipinski definition) is 14. The van der Waals surface area contributed by atoms with E-state index in [-0.39, 0.29) is 107 Å². The lowest BCUT2D eigenvalue weighted by atomic mass is 9.90. The summed E-state index contributed by atoms with van der Waals surface area (Å²) >= 11 is 6.39. The molecule has 6 fully saturated rings. The van der Waals surface area contributed by atoms with Gasteiger partial charge in [-0.3, -0.25) is 18.7 Å². The van der Waals surface area contributed by atoms with E-state index < -0.39 is 46.1 Å². The lowest BCUT2D eigenvalue weighted by Crippen LogP contribution is -2.42. The molecule has 6 saturated heterocycles. The summed E-state index contributed by atoms with van der Waals surface area (Å²) in [4.78, 5) is 56.3. The third-order valence-corrected chi connectivity index (χ3v) is 20.1. The van der Waals surface area contributed by atoms with Crippen molar-refractivity contribution in [1.29, 1.82) is 0 Å². The van der Waals surface area contributed by atoms with Gasteiger partial charge in [-0.05, 0) is 84.2 Å². The Morgan fingerprint density at radius 3 is 1.57 bits per heavy atom. The summed E-state index contributed by atoms with van der Waals surface area (Å²) in [6, 6.07) is 21.5. The van der Waals surface area contributed by atoms with Gasteiger partial charge >= 0.3 is 11.4 Å². The van der Waals surface area contributed by atoms with Crippen molar-refractivity contribution in [3.8, 4) is 0 Å². The van der Waals surface area contributed by atoms with Crippen LogP contribution in [0.3, 0.4) is 0 Å². The minimum Gasteiger partial charge on any atom is -0.390 e. The molecule has 2 aliphatic carbocycles. The highest BCUT2D eigenvalue weighted by molar-refractivity contribution is 7.78. The van der Waals surface area contributed by atoms with Crippen molar-refractivity contribution >= 4 is 77.9 Å². The number of nitrogens with one attached hydrogen (secondary N) is 2. The van der Waals surface area contributed by atoms with Gasteiger partial charge in [0.25, 0.3) is 8.53 Å². The molecule has 10 atom stereocenters. The topological polar surface area (TPSA) is 201 Å². The van der Waals surface area contributed by atoms with Gasteiger partial charge in [0.1, 0.15) is 29.7 Å². The first-order valence-corrected chi connectivity index (χ1v) is 30.1. The van der Waals surface area contributed by atoms with Gasteiger partial charge in [0, 0.05) is 87.9 Å². The first-order valence-electron chi connectivity index (χ1n) is 26.8. The highest BCUT2D eigenvalue weighted by Crippen LogP contribution is 2.65. The van der Waals surface area contributed by atoms with Crippen LogP contribution in [0.15, 0.2) is 82.6 Å². The van der Waals surface area contributed by atoms with E-state index in [1.807, 2.05) is 6.92 Å². The largest absolute Gasteiger partial charge is 0.390 e. The van der Waals surface area contributed by atoms with Crippen LogP contribution >= 0.6 is 54.4 Å². The fraction of sp³-hybridized carbons (Fsp3) is 0.607. The van der Waals surface area contributed by atoms with E-state index in [1.165, 1.54) is 50.4 Å². The number of carbonyl (C=O) groups excluding carboxylic acids is 2. The van der Waals surface area contributed by atoms with Gasteiger partial charge in [-0.15, -0.1) is 0 Å². The molecule has 2 aromatic carbocycles. The van der Waals surface area contributed by atoms with Crippen LogP contribution in [0.25, 0.3) is 0 Å². The van der Waals surface area contributed by atoms with E-state index in [0.29, 0.717) is 31.3 Å². The summed E-state index contributed by atoms with van der Waals surface area (Å²) in [5.41, 5.74) is 4.53. The number of hydrogen-bond donors (Lipinski definition) is 3. The molecule has 2 amide bonds. The van der Waals surface area contributed by atoms with E-state index in [9.17, 15) is 24.3 Å². The first kappa shape index (κ1) is 64.8. The maximum atomic E-state index is 12.8. The molecule has 436 valence electrons. The van der Waals surface area contributed by atoms with Crippen LogP contribution in [-0.2, 0) is 58.3 Å². The molecule has 8 heterocycles. The molecule has 0 bridgehead atoms. The van der Waals surface area contributed by atoms with Crippen LogP contribution in [0.4, 0.5) is 11.6 Å². The predicted molar refractivity (Wildman–Crippen MR) is 321 cm³/mol. The van der Waals surface area contributed by atoms with Crippen LogP contribution < -0.4 is 22.0 Å². The minimum atomic E-state index is -1.21. The number of aromatic nitrogens is 4. The Balaban J connectivity index is 0.000000204. The SMILES string of the molecule is C.C.CC[C@H]1O[C@@H](n2ccc(NC(=O)C(C)C)nc2=O)CC1O.CC[C@H]1O[C@@H](n2ccc(NC(=O)C(C)C)nc2=O)CC1OP1OC2(Cc3ccccc3C2)[C@@H]2CCCN21.ClP1OC2(Cc3ccccc3C2)[C@@H]2CCCN21.S.S. The summed E-state index contributed by atoms with van der Waals surface area (Å²) in [5, 5.41) is 15.1. The van der Waals surface area contributed by atoms with Gasteiger partial charge in [-0.25, -0.2) is 18.9 Å². The summed E-state index contributed by atoms with van der Waals surface area (Å²) in [5.74, 6) is -0.281. The van der Waals surface area contributed by atoms with Crippen molar-refractivity contribution in [2.45, 2.75) is 194 Å². The average molecular weight is 1190 g/mol. The van der Waals surface area contributed by atoms with Crippen LogP contribution in [0, 0.1) is 11.8 Å². The standard InChI is InChI=1S/C27H35N4O5P.C14H21N3O4.C13H15ClNOP.2CH4.2H2S/c1-4-20-21(14-24(34-20)30-13-11-23(29-26(30)33)28-25(32)17(2)3)35-37-31-12-7-10-22(31)27(36-37)15-18-8-5-6-9-19(18)16-27;1-4-10-9(18)7-12(21-10)17-6-5-11(16-14(17)20)15-13(19)8(2)3;14-17-15-7-3-6-12(15)13(16-17)8-10-4-1-2-5-11(10)9-13;;;;/h5-6,8-9,11,13,17,20-22,24H,4,7,10,12,14-16H2,1-3H3,(H,28,29,32,33);5-6,8-10,12,18H,4,7H2,1-3H3,(H,15,16,19,20);1-2,4-5,12H,3,6-9H2;2*1H4;2*1H2/t20-,21?,22+,24-,37?;9?,10-,12-;12-,17?;;;;/m110..../s1. The van der Waals surface area contributed by atoms with E-state index in [1.54, 1.807) is 46.0 Å². The lowest BCUT2D eigenvalue weighted by Gasteiger charge is -2.27. The molecular weight excluding hydrogens is 1110 g/mol. The molecule has 0 saturated carbocycles. The van der Waals surface area contributed by atoms with Gasteiger partial charge in [-0.1, -0.05) is 105 Å². The zero-order chi connectivity index (χ0) is 52.8. The highest BCUT2D eigenvalue weighted by atomic mass is 35.7. The van der Waals surface area contributed by atoms with E-state index in [4.69, 9.17) is 34.3 Å². The smallest absolute Gasteiger partial charge is 0.351 e. The first-order chi connectivity index (χ1) is 36.1. The minimum absolute atomic E-state index is 0. The number of nitrogens with zero attached hydrogens (tertiary/aromatic N) is 6. The molecule has 12 rings (SSSR count). The maximum Gasteiger partial charge on any atom is 0.351 e. The number of rotatable bonds is 10. The summed E-state index contributed by atoms with van der Waals surface area (Å²) in [7, 11) is -2.07. The van der Waals surface area contributed by atoms with Crippen molar-refractivity contribution in [3.05, 3.63) is 116 Å². The second kappa shape index (κ2) is 27.4. The fourth-order valence-electron chi connectivity index (χ4n) is 12.0. The Labute approximate surface area is 486 Å². The van der Waals surface area contributed by atoms with Crippen LogP contribution in [-0.4, -0.2) is 106 Å². The van der Waals surface area contributed by atoms with Gasteiger partial charge in [0.15, 0.2) is 0 Å². The molecule has 18 nitrogen and oxygen atoms in total. The number of carbonyl (C=O) groups is 2. The van der Waals surface area contributed by atoms with Crippen molar-refractivity contribution < 1.29 is 37.7 Å². The Bertz CT molecular complexity index is 2800. The number of amides is 2. The van der Waals surface area contributed by atoms with Crippen LogP contribution in [0.5, 0.6) is 0 Å². The Morgan fingerprint density at radius 2 is 1.13 bits per heavy atom. The monoisotopic (exact) mass is 1190 g/mol. The molecule has 23 heteroatoms. The van der Waals surface area contributed by atoms with Gasteiger partial charge in [-0.2, -0.15) is 37.0 Å². The number of benzene rings is 2. The van der Waals surface area contributed by atoms with Crippen molar-refractivity contribution in [2.24, 2.45) is 11.8 Å².